The topological polar surface area (TPSA) is 60.2 Å². The summed E-state index contributed by atoms with van der Waals surface area (Å²) in [6, 6.07) is 5.61. The first-order valence-corrected chi connectivity index (χ1v) is 7.29. The third kappa shape index (κ3) is 4.68. The van der Waals surface area contributed by atoms with E-state index in [2.05, 4.69) is 15.5 Å². The monoisotopic (exact) mass is 329 g/mol. The zero-order chi connectivity index (χ0) is 15.2. The summed E-state index contributed by atoms with van der Waals surface area (Å²) in [5, 5.41) is 8.17. The summed E-state index contributed by atoms with van der Waals surface area (Å²) < 4.78 is 10.4. The van der Waals surface area contributed by atoms with Crippen LogP contribution in [0.1, 0.15) is 17.3 Å². The molecule has 2 rings (SSSR count). The first-order valence-electron chi connectivity index (χ1n) is 6.54. The van der Waals surface area contributed by atoms with Crippen molar-refractivity contribution in [1.29, 1.82) is 0 Å². The van der Waals surface area contributed by atoms with E-state index in [-0.39, 0.29) is 6.04 Å². The van der Waals surface area contributed by atoms with Gasteiger partial charge in [-0.15, -0.1) is 0 Å². The summed E-state index contributed by atoms with van der Waals surface area (Å²) in [6.07, 6.45) is 1.17. The fourth-order valence-electron chi connectivity index (χ4n) is 1.93. The minimum atomic E-state index is 0.147. The number of hydrogen-bond acceptors (Lipinski definition) is 5. The number of nitrogens with zero attached hydrogens (tertiary/aromatic N) is 2. The van der Waals surface area contributed by atoms with Crippen molar-refractivity contribution in [3.63, 3.8) is 0 Å². The van der Waals surface area contributed by atoms with Gasteiger partial charge in [0, 0.05) is 26.0 Å². The summed E-state index contributed by atoms with van der Waals surface area (Å²) in [6.45, 7) is 0.584. The van der Waals surface area contributed by atoms with Crippen molar-refractivity contribution in [2.45, 2.75) is 18.9 Å². The number of methoxy groups -OCH3 is 1. The molecule has 0 fully saturated rings. The molecule has 0 aliphatic carbocycles. The number of likely N-dealkylation sites (N-methyl/N-ethyl adjacent to an activating group) is 1. The van der Waals surface area contributed by atoms with E-state index in [9.17, 15) is 0 Å². The second-order valence-electron chi connectivity index (χ2n) is 4.67. The predicted octanol–water partition coefficient (Wildman–Crippen LogP) is 2.74. The van der Waals surface area contributed by atoms with Crippen LogP contribution >= 0.6 is 23.2 Å². The SMILES string of the molecule is CNC(COC)Cc1nc(Cc2ccc(Cl)c(Cl)c2)no1. The first-order chi connectivity index (χ1) is 10.1. The van der Waals surface area contributed by atoms with E-state index in [1.165, 1.54) is 0 Å². The van der Waals surface area contributed by atoms with Crippen molar-refractivity contribution in [3.05, 3.63) is 45.5 Å². The molecular weight excluding hydrogens is 313 g/mol. The Balaban J connectivity index is 2.00. The molecule has 0 saturated carbocycles. The van der Waals surface area contributed by atoms with E-state index in [4.69, 9.17) is 32.5 Å². The largest absolute Gasteiger partial charge is 0.383 e. The molecule has 0 aliphatic rings. The van der Waals surface area contributed by atoms with Crippen LogP contribution in [-0.4, -0.2) is 36.9 Å². The smallest absolute Gasteiger partial charge is 0.228 e. The molecular formula is C14H17Cl2N3O2. The summed E-state index contributed by atoms with van der Waals surface area (Å²) in [4.78, 5) is 4.38. The van der Waals surface area contributed by atoms with E-state index in [1.807, 2.05) is 13.1 Å². The molecule has 0 spiro atoms. The van der Waals surface area contributed by atoms with Crippen LogP contribution in [0.15, 0.2) is 22.7 Å². The van der Waals surface area contributed by atoms with Crippen LogP contribution in [0.2, 0.25) is 10.0 Å². The summed E-state index contributed by atoms with van der Waals surface area (Å²) >= 11 is 11.9. The molecule has 7 heteroatoms. The Hall–Kier alpha value is -1.14. The summed E-state index contributed by atoms with van der Waals surface area (Å²) in [5.74, 6) is 1.21. The van der Waals surface area contributed by atoms with E-state index in [0.29, 0.717) is 41.2 Å². The van der Waals surface area contributed by atoms with Gasteiger partial charge in [0.1, 0.15) is 0 Å². The molecule has 1 atom stereocenters. The minimum Gasteiger partial charge on any atom is -0.383 e. The van der Waals surface area contributed by atoms with Crippen LogP contribution in [0.3, 0.4) is 0 Å². The number of ether oxygens (including phenoxy) is 1. The highest BCUT2D eigenvalue weighted by Crippen LogP contribution is 2.23. The molecule has 1 N–H and O–H groups in total. The van der Waals surface area contributed by atoms with Gasteiger partial charge in [0.15, 0.2) is 5.82 Å². The lowest BCUT2D eigenvalue weighted by molar-refractivity contribution is 0.165. The zero-order valence-corrected chi connectivity index (χ0v) is 13.4. The van der Waals surface area contributed by atoms with Crippen LogP contribution in [0.4, 0.5) is 0 Å². The van der Waals surface area contributed by atoms with Gasteiger partial charge in [-0.05, 0) is 24.7 Å². The minimum absolute atomic E-state index is 0.147. The van der Waals surface area contributed by atoms with E-state index >= 15 is 0 Å². The van der Waals surface area contributed by atoms with Crippen molar-refractivity contribution in [1.82, 2.24) is 15.5 Å². The number of aromatic nitrogens is 2. The second-order valence-corrected chi connectivity index (χ2v) is 5.49. The van der Waals surface area contributed by atoms with Gasteiger partial charge < -0.3 is 14.6 Å². The maximum atomic E-state index is 5.99. The van der Waals surface area contributed by atoms with Gasteiger partial charge in [0.05, 0.1) is 16.7 Å². The predicted molar refractivity (Wildman–Crippen MR) is 82.0 cm³/mol. The van der Waals surface area contributed by atoms with E-state index in [0.717, 1.165) is 5.56 Å². The van der Waals surface area contributed by atoms with E-state index in [1.54, 1.807) is 19.2 Å². The number of hydrogen-bond donors (Lipinski definition) is 1. The highest BCUT2D eigenvalue weighted by molar-refractivity contribution is 6.42. The van der Waals surface area contributed by atoms with Crippen LogP contribution in [0, 0.1) is 0 Å². The first kappa shape index (κ1) is 16.2. The number of nitrogens with one attached hydrogen (secondary N) is 1. The quantitative estimate of drug-likeness (QED) is 0.846. The average Bonchev–Trinajstić information content (AvgIpc) is 2.89. The fraction of sp³-hybridized carbons (Fsp3) is 0.429. The number of rotatable bonds is 7. The molecule has 0 amide bonds. The van der Waals surface area contributed by atoms with Crippen molar-refractivity contribution in [2.75, 3.05) is 20.8 Å². The number of benzene rings is 1. The zero-order valence-electron chi connectivity index (χ0n) is 11.9. The molecule has 1 aromatic carbocycles. The molecule has 1 heterocycles. The Morgan fingerprint density at radius 2 is 2.14 bits per heavy atom. The lowest BCUT2D eigenvalue weighted by atomic mass is 10.1. The lowest BCUT2D eigenvalue weighted by Crippen LogP contribution is -2.32. The Labute approximate surface area is 133 Å². The highest BCUT2D eigenvalue weighted by Gasteiger charge is 2.13. The second kappa shape index (κ2) is 7.75. The van der Waals surface area contributed by atoms with Gasteiger partial charge in [-0.2, -0.15) is 4.98 Å². The molecule has 114 valence electrons. The average molecular weight is 330 g/mol. The van der Waals surface area contributed by atoms with Gasteiger partial charge >= 0.3 is 0 Å². The van der Waals surface area contributed by atoms with Crippen LogP contribution in [0.5, 0.6) is 0 Å². The maximum absolute atomic E-state index is 5.99. The standard InChI is InChI=1S/C14H17Cl2N3O2/c1-17-10(8-20-2)7-14-18-13(19-21-14)6-9-3-4-11(15)12(16)5-9/h3-5,10,17H,6-8H2,1-2H3. The van der Waals surface area contributed by atoms with Crippen molar-refractivity contribution in [2.24, 2.45) is 0 Å². The highest BCUT2D eigenvalue weighted by atomic mass is 35.5. The molecule has 2 aromatic rings. The van der Waals surface area contributed by atoms with Gasteiger partial charge in [0.2, 0.25) is 5.89 Å². The molecule has 21 heavy (non-hydrogen) atoms. The maximum Gasteiger partial charge on any atom is 0.228 e. The van der Waals surface area contributed by atoms with Crippen LogP contribution in [-0.2, 0) is 17.6 Å². The molecule has 0 radical (unpaired) electrons. The van der Waals surface area contributed by atoms with Crippen LogP contribution in [0.25, 0.3) is 0 Å². The normalized spacial score (nSPS) is 12.6. The summed E-state index contributed by atoms with van der Waals surface area (Å²) in [7, 11) is 3.53. The lowest BCUT2D eigenvalue weighted by Gasteiger charge is -2.11. The van der Waals surface area contributed by atoms with Gasteiger partial charge in [-0.25, -0.2) is 0 Å². The Morgan fingerprint density at radius 1 is 1.33 bits per heavy atom. The van der Waals surface area contributed by atoms with E-state index < -0.39 is 0 Å². The van der Waals surface area contributed by atoms with Gasteiger partial charge in [-0.1, -0.05) is 34.4 Å². The van der Waals surface area contributed by atoms with Gasteiger partial charge in [-0.3, -0.25) is 0 Å². The third-order valence-corrected chi connectivity index (χ3v) is 3.79. The Bertz CT molecular complexity index is 589. The fourth-order valence-corrected chi connectivity index (χ4v) is 2.25. The Kier molecular flexibility index (Phi) is 5.99. The van der Waals surface area contributed by atoms with Crippen LogP contribution < -0.4 is 5.32 Å². The molecule has 5 nitrogen and oxygen atoms in total. The van der Waals surface area contributed by atoms with Gasteiger partial charge in [0.25, 0.3) is 0 Å². The third-order valence-electron chi connectivity index (χ3n) is 3.05. The molecule has 0 aliphatic heterocycles. The summed E-state index contributed by atoms with van der Waals surface area (Å²) in [5.41, 5.74) is 0.985. The molecule has 1 unspecified atom stereocenters. The molecule has 1 aromatic heterocycles. The van der Waals surface area contributed by atoms with Crippen molar-refractivity contribution >= 4 is 23.2 Å². The molecule has 0 bridgehead atoms. The van der Waals surface area contributed by atoms with Crippen molar-refractivity contribution < 1.29 is 9.26 Å². The van der Waals surface area contributed by atoms with Crippen molar-refractivity contribution in [3.8, 4) is 0 Å². The Morgan fingerprint density at radius 3 is 2.81 bits per heavy atom. The molecule has 0 saturated heterocycles. The number of halogens is 2.